The van der Waals surface area contributed by atoms with Gasteiger partial charge in [0.15, 0.2) is 0 Å². The first kappa shape index (κ1) is 15.3. The van der Waals surface area contributed by atoms with E-state index in [1.807, 2.05) is 24.3 Å². The van der Waals surface area contributed by atoms with E-state index in [1.165, 1.54) is 0 Å². The number of ether oxygens (including phenoxy) is 2. The molecular weight excluding hydrogens is 250 g/mol. The van der Waals surface area contributed by atoms with Gasteiger partial charge in [0, 0.05) is 18.2 Å². The Morgan fingerprint density at radius 1 is 1.06 bits per heavy atom. The summed E-state index contributed by atoms with van der Waals surface area (Å²) in [5, 5.41) is 3.95. The van der Waals surface area contributed by atoms with E-state index in [1.54, 1.807) is 0 Å². The minimum atomic E-state index is 0.720. The molecular formula is C14H22ClNO2. The van der Waals surface area contributed by atoms with E-state index in [9.17, 15) is 0 Å². The molecule has 1 aromatic carbocycles. The van der Waals surface area contributed by atoms with Crippen LogP contribution in [0.15, 0.2) is 24.3 Å². The summed E-state index contributed by atoms with van der Waals surface area (Å²) in [6.07, 6.45) is 2.03. The molecule has 0 aliphatic carbocycles. The van der Waals surface area contributed by atoms with Crippen molar-refractivity contribution in [2.45, 2.75) is 19.8 Å². The van der Waals surface area contributed by atoms with Gasteiger partial charge < -0.3 is 14.8 Å². The monoisotopic (exact) mass is 271 g/mol. The van der Waals surface area contributed by atoms with E-state index in [0.717, 1.165) is 56.5 Å². The largest absolute Gasteiger partial charge is 0.494 e. The third-order valence-electron chi connectivity index (χ3n) is 2.44. The quantitative estimate of drug-likeness (QED) is 0.663. The molecule has 0 heterocycles. The Kier molecular flexibility index (Phi) is 8.65. The van der Waals surface area contributed by atoms with Crippen molar-refractivity contribution in [1.29, 1.82) is 0 Å². The normalized spacial score (nSPS) is 10.6. The predicted octanol–water partition coefficient (Wildman–Crippen LogP) is 3.13. The molecule has 0 aromatic heterocycles. The van der Waals surface area contributed by atoms with Gasteiger partial charge in [-0.2, -0.15) is 0 Å². The lowest BCUT2D eigenvalue weighted by Gasteiger charge is -2.07. The lowest BCUT2D eigenvalue weighted by Crippen LogP contribution is -2.19. The van der Waals surface area contributed by atoms with Crippen molar-refractivity contribution < 1.29 is 9.47 Å². The summed E-state index contributed by atoms with van der Waals surface area (Å²) in [6, 6.07) is 7.44. The van der Waals surface area contributed by atoms with Gasteiger partial charge in [0.05, 0.1) is 13.2 Å². The van der Waals surface area contributed by atoms with Crippen LogP contribution in [0.2, 0.25) is 5.02 Å². The highest BCUT2D eigenvalue weighted by Crippen LogP contribution is 2.15. The number of hydrogen-bond donors (Lipinski definition) is 1. The molecule has 1 rings (SSSR count). The fourth-order valence-corrected chi connectivity index (χ4v) is 1.58. The highest BCUT2D eigenvalue weighted by Gasteiger charge is 1.94. The van der Waals surface area contributed by atoms with Crippen LogP contribution in [0, 0.1) is 0 Å². The van der Waals surface area contributed by atoms with Gasteiger partial charge in [0.25, 0.3) is 0 Å². The molecule has 0 aliphatic heterocycles. The van der Waals surface area contributed by atoms with E-state index >= 15 is 0 Å². The molecule has 0 unspecified atom stereocenters. The molecule has 0 fully saturated rings. The zero-order chi connectivity index (χ0) is 13.1. The molecule has 0 amide bonds. The van der Waals surface area contributed by atoms with Crippen molar-refractivity contribution in [2.75, 3.05) is 32.9 Å². The number of nitrogens with one attached hydrogen (secondary N) is 1. The average molecular weight is 272 g/mol. The number of hydrogen-bond acceptors (Lipinski definition) is 3. The maximum Gasteiger partial charge on any atom is 0.119 e. The van der Waals surface area contributed by atoms with Gasteiger partial charge in [-0.05, 0) is 43.7 Å². The first-order chi connectivity index (χ1) is 8.83. The minimum absolute atomic E-state index is 0.720. The van der Waals surface area contributed by atoms with Crippen LogP contribution in [-0.2, 0) is 4.74 Å². The summed E-state index contributed by atoms with van der Waals surface area (Å²) < 4.78 is 11.0. The highest BCUT2D eigenvalue weighted by atomic mass is 35.5. The van der Waals surface area contributed by atoms with E-state index in [0.29, 0.717) is 0 Å². The SMILES string of the molecule is CCNCCOCCCCOc1ccc(Cl)cc1. The van der Waals surface area contributed by atoms with Gasteiger partial charge in [-0.25, -0.2) is 0 Å². The van der Waals surface area contributed by atoms with E-state index < -0.39 is 0 Å². The van der Waals surface area contributed by atoms with Crippen LogP contribution in [-0.4, -0.2) is 32.9 Å². The Balaban J connectivity index is 1.91. The lowest BCUT2D eigenvalue weighted by atomic mass is 10.3. The molecule has 18 heavy (non-hydrogen) atoms. The van der Waals surface area contributed by atoms with Crippen molar-refractivity contribution in [3.05, 3.63) is 29.3 Å². The van der Waals surface area contributed by atoms with E-state index in [2.05, 4.69) is 12.2 Å². The standard InChI is InChI=1S/C14H22ClNO2/c1-2-16-9-12-17-10-3-4-11-18-14-7-5-13(15)6-8-14/h5-8,16H,2-4,9-12H2,1H3. The third-order valence-corrected chi connectivity index (χ3v) is 2.69. The van der Waals surface area contributed by atoms with Crippen molar-refractivity contribution in [3.63, 3.8) is 0 Å². The zero-order valence-corrected chi connectivity index (χ0v) is 11.7. The van der Waals surface area contributed by atoms with Crippen LogP contribution in [0.3, 0.4) is 0 Å². The van der Waals surface area contributed by atoms with Crippen LogP contribution in [0.1, 0.15) is 19.8 Å². The summed E-state index contributed by atoms with van der Waals surface area (Å²) in [6.45, 7) is 6.32. The second-order valence-electron chi connectivity index (χ2n) is 3.98. The van der Waals surface area contributed by atoms with Crippen molar-refractivity contribution in [3.8, 4) is 5.75 Å². The van der Waals surface area contributed by atoms with Crippen LogP contribution < -0.4 is 10.1 Å². The van der Waals surface area contributed by atoms with Crippen molar-refractivity contribution >= 4 is 11.6 Å². The number of halogens is 1. The highest BCUT2D eigenvalue weighted by molar-refractivity contribution is 6.30. The Morgan fingerprint density at radius 2 is 1.78 bits per heavy atom. The Morgan fingerprint density at radius 3 is 2.50 bits per heavy atom. The molecule has 102 valence electrons. The topological polar surface area (TPSA) is 30.5 Å². The molecule has 0 aliphatic rings. The molecule has 1 N–H and O–H groups in total. The van der Waals surface area contributed by atoms with Gasteiger partial charge in [0.1, 0.15) is 5.75 Å². The van der Waals surface area contributed by atoms with Crippen molar-refractivity contribution in [2.24, 2.45) is 0 Å². The summed E-state index contributed by atoms with van der Waals surface area (Å²) in [5.41, 5.74) is 0. The summed E-state index contributed by atoms with van der Waals surface area (Å²) in [5.74, 6) is 0.868. The van der Waals surface area contributed by atoms with Gasteiger partial charge in [-0.15, -0.1) is 0 Å². The zero-order valence-electron chi connectivity index (χ0n) is 11.0. The number of likely N-dealkylation sites (N-methyl/N-ethyl adjacent to an activating group) is 1. The fourth-order valence-electron chi connectivity index (χ4n) is 1.45. The minimum Gasteiger partial charge on any atom is -0.494 e. The van der Waals surface area contributed by atoms with Gasteiger partial charge >= 0.3 is 0 Å². The van der Waals surface area contributed by atoms with Crippen LogP contribution in [0.25, 0.3) is 0 Å². The Bertz CT molecular complexity index is 303. The van der Waals surface area contributed by atoms with Gasteiger partial charge in [-0.1, -0.05) is 18.5 Å². The van der Waals surface area contributed by atoms with Crippen molar-refractivity contribution in [1.82, 2.24) is 5.32 Å². The molecule has 0 bridgehead atoms. The van der Waals surface area contributed by atoms with E-state index in [-0.39, 0.29) is 0 Å². The smallest absolute Gasteiger partial charge is 0.119 e. The summed E-state index contributed by atoms with van der Waals surface area (Å²) in [7, 11) is 0. The lowest BCUT2D eigenvalue weighted by molar-refractivity contribution is 0.128. The molecule has 4 heteroatoms. The molecule has 0 spiro atoms. The fraction of sp³-hybridized carbons (Fsp3) is 0.571. The molecule has 0 saturated heterocycles. The maximum atomic E-state index is 5.79. The third kappa shape index (κ3) is 7.54. The summed E-state index contributed by atoms with van der Waals surface area (Å²) in [4.78, 5) is 0. The first-order valence-electron chi connectivity index (χ1n) is 6.49. The predicted molar refractivity (Wildman–Crippen MR) is 75.5 cm³/mol. The van der Waals surface area contributed by atoms with Gasteiger partial charge in [0.2, 0.25) is 0 Å². The maximum absolute atomic E-state index is 5.79. The number of benzene rings is 1. The van der Waals surface area contributed by atoms with Crippen LogP contribution in [0.4, 0.5) is 0 Å². The van der Waals surface area contributed by atoms with Crippen LogP contribution in [0.5, 0.6) is 5.75 Å². The number of unbranched alkanes of at least 4 members (excludes halogenated alkanes) is 1. The molecule has 1 aromatic rings. The average Bonchev–Trinajstić information content (AvgIpc) is 2.39. The molecule has 0 atom stereocenters. The molecule has 0 radical (unpaired) electrons. The second kappa shape index (κ2) is 10.2. The Labute approximate surface area is 114 Å². The molecule has 3 nitrogen and oxygen atoms in total. The first-order valence-corrected chi connectivity index (χ1v) is 6.87. The summed E-state index contributed by atoms with van der Waals surface area (Å²) >= 11 is 5.79. The number of rotatable bonds is 10. The Hall–Kier alpha value is -0.770. The molecule has 0 saturated carbocycles. The van der Waals surface area contributed by atoms with Gasteiger partial charge in [-0.3, -0.25) is 0 Å². The van der Waals surface area contributed by atoms with Crippen LogP contribution >= 0.6 is 11.6 Å². The second-order valence-corrected chi connectivity index (χ2v) is 4.41. The van der Waals surface area contributed by atoms with E-state index in [4.69, 9.17) is 21.1 Å².